The number of hydrogen-bond acceptors (Lipinski definition) is 8. The van der Waals surface area contributed by atoms with Crippen molar-refractivity contribution in [3.05, 3.63) is 72.9 Å². The molecule has 0 aliphatic carbocycles. The third kappa shape index (κ3) is 33.7. The van der Waals surface area contributed by atoms with Gasteiger partial charge in [0.15, 0.2) is 0 Å². The number of carboxylic acids is 1. The Morgan fingerprint density at radius 1 is 0.673 bits per heavy atom. The van der Waals surface area contributed by atoms with Gasteiger partial charge in [-0.15, -0.1) is 0 Å². The molecule has 3 unspecified atom stereocenters. The number of unbranched alkanes of at least 4 members (excludes halogenated alkanes) is 7. The molecular weight excluding hydrogens is 645 g/mol. The van der Waals surface area contributed by atoms with Gasteiger partial charge in [0.1, 0.15) is 12.1 Å². The molecule has 4 N–H and O–H groups in total. The van der Waals surface area contributed by atoms with E-state index in [9.17, 15) is 19.0 Å². The zero-order chi connectivity index (χ0) is 36.3. The average Bonchev–Trinajstić information content (AvgIpc) is 3.07. The van der Waals surface area contributed by atoms with E-state index in [-0.39, 0.29) is 13.0 Å². The van der Waals surface area contributed by atoms with Crippen LogP contribution in [-0.4, -0.2) is 60.5 Å². The second kappa shape index (κ2) is 33.9. The molecule has 0 aliphatic heterocycles. The molecule has 0 bridgehead atoms. The highest BCUT2D eigenvalue weighted by molar-refractivity contribution is 7.47. The second-order valence-electron chi connectivity index (χ2n) is 11.6. The van der Waals surface area contributed by atoms with Gasteiger partial charge in [0.05, 0.1) is 19.8 Å². The molecule has 49 heavy (non-hydrogen) atoms. The summed E-state index contributed by atoms with van der Waals surface area (Å²) in [6, 6.07) is -1.48. The lowest BCUT2D eigenvalue weighted by atomic mass is 10.1. The summed E-state index contributed by atoms with van der Waals surface area (Å²) in [5, 5.41) is 8.83. The molecule has 0 saturated heterocycles. The second-order valence-corrected chi connectivity index (χ2v) is 13.1. The number of carbonyl (C=O) groups excluding carboxylic acids is 1. The van der Waals surface area contributed by atoms with E-state index in [0.29, 0.717) is 13.0 Å². The van der Waals surface area contributed by atoms with Gasteiger partial charge >= 0.3 is 19.8 Å². The van der Waals surface area contributed by atoms with Crippen molar-refractivity contribution in [2.45, 2.75) is 129 Å². The van der Waals surface area contributed by atoms with Crippen molar-refractivity contribution in [3.8, 4) is 0 Å². The van der Waals surface area contributed by atoms with E-state index in [1.54, 1.807) is 0 Å². The smallest absolute Gasteiger partial charge is 0.472 e. The highest BCUT2D eigenvalue weighted by Gasteiger charge is 2.27. The van der Waals surface area contributed by atoms with Crippen LogP contribution < -0.4 is 5.73 Å². The first-order chi connectivity index (χ1) is 23.7. The molecule has 0 rings (SSSR count). The Hall–Kier alpha value is -2.59. The normalized spacial score (nSPS) is 15.0. The number of esters is 1. The molecule has 0 spiro atoms. The number of aliphatic carboxylic acids is 1. The molecule has 0 radical (unpaired) electrons. The molecule has 280 valence electrons. The first kappa shape index (κ1) is 46.4. The highest BCUT2D eigenvalue weighted by atomic mass is 31.2. The predicted molar refractivity (Wildman–Crippen MR) is 198 cm³/mol. The first-order valence-electron chi connectivity index (χ1n) is 18.0. The van der Waals surface area contributed by atoms with E-state index in [4.69, 9.17) is 24.8 Å². The number of hydrogen-bond donors (Lipinski definition) is 3. The Balaban J connectivity index is 4.36. The van der Waals surface area contributed by atoms with Crippen LogP contribution in [0.2, 0.25) is 0 Å². The Morgan fingerprint density at radius 2 is 1.16 bits per heavy atom. The molecule has 0 saturated carbocycles. The largest absolute Gasteiger partial charge is 0.480 e. The van der Waals surface area contributed by atoms with Gasteiger partial charge in [0, 0.05) is 13.0 Å². The third-order valence-electron chi connectivity index (χ3n) is 7.00. The highest BCUT2D eigenvalue weighted by Crippen LogP contribution is 2.43. The van der Waals surface area contributed by atoms with Gasteiger partial charge < -0.3 is 25.2 Å². The molecule has 0 aliphatic rings. The minimum Gasteiger partial charge on any atom is -0.480 e. The summed E-state index contributed by atoms with van der Waals surface area (Å²) in [7, 11) is -4.62. The standard InChI is InChI=1S/C38H64NO9P/c1-3-5-7-9-11-12-13-14-15-16-17-18-19-20-21-22-23-25-27-29-31-45-32-35(33-46-49(43,44)47-34-36(39)38(41)42)48-37(40)30-28-26-24-10-8-6-4-2/h5,7,11-12,14-15,17-18,20-21,23,25,35-36H,3-4,6,8-10,13,16,19,22,24,26-34,39H2,1-2H3,(H,41,42)(H,43,44)/b7-5-,12-11-,15-14-,18-17-,21-20-,25-23-. The first-order valence-corrected chi connectivity index (χ1v) is 19.5. The van der Waals surface area contributed by atoms with Crippen LogP contribution >= 0.6 is 7.82 Å². The van der Waals surface area contributed by atoms with Crippen molar-refractivity contribution < 1.29 is 42.7 Å². The number of carboxylic acid groups (broad SMARTS) is 1. The number of phosphoric acid groups is 1. The van der Waals surface area contributed by atoms with E-state index in [1.165, 1.54) is 19.3 Å². The Kier molecular flexibility index (Phi) is 32.1. The molecule has 0 aromatic carbocycles. The SMILES string of the molecule is CC/C=C\C/C=C\C/C=C\C/C=C\C/C=C\C/C=C\CCCOCC(COP(=O)(O)OCC(N)C(=O)O)OC(=O)CCCCCCCCC. The van der Waals surface area contributed by atoms with Gasteiger partial charge in [-0.25, -0.2) is 4.57 Å². The van der Waals surface area contributed by atoms with Crippen molar-refractivity contribution in [3.63, 3.8) is 0 Å². The topological polar surface area (TPSA) is 155 Å². The van der Waals surface area contributed by atoms with Crippen LogP contribution in [0, 0.1) is 0 Å². The number of nitrogens with two attached hydrogens (primary N) is 1. The monoisotopic (exact) mass is 709 g/mol. The fourth-order valence-electron chi connectivity index (χ4n) is 4.21. The van der Waals surface area contributed by atoms with Crippen LogP contribution in [0.15, 0.2) is 72.9 Å². The average molecular weight is 710 g/mol. The molecule has 0 fully saturated rings. The molecule has 3 atom stereocenters. The van der Waals surface area contributed by atoms with Gasteiger partial charge in [-0.2, -0.15) is 0 Å². The summed E-state index contributed by atoms with van der Waals surface area (Å²) in [4.78, 5) is 33.2. The maximum Gasteiger partial charge on any atom is 0.472 e. The quantitative estimate of drug-likeness (QED) is 0.0260. The Morgan fingerprint density at radius 3 is 1.69 bits per heavy atom. The van der Waals surface area contributed by atoms with E-state index < -0.39 is 45.1 Å². The number of ether oxygens (including phenoxy) is 2. The summed E-state index contributed by atoms with van der Waals surface area (Å²) in [6.07, 6.45) is 40.0. The summed E-state index contributed by atoms with van der Waals surface area (Å²) in [6.45, 7) is 3.52. The third-order valence-corrected chi connectivity index (χ3v) is 7.95. The van der Waals surface area contributed by atoms with E-state index in [1.807, 2.05) is 0 Å². The van der Waals surface area contributed by atoms with E-state index >= 15 is 0 Å². The van der Waals surface area contributed by atoms with Crippen molar-refractivity contribution in [1.29, 1.82) is 0 Å². The molecule has 0 aromatic rings. The summed E-state index contributed by atoms with van der Waals surface area (Å²) in [5.41, 5.74) is 5.31. The Labute approximate surface area is 295 Å². The van der Waals surface area contributed by atoms with Crippen molar-refractivity contribution in [2.75, 3.05) is 26.4 Å². The molecule has 11 heteroatoms. The predicted octanol–water partition coefficient (Wildman–Crippen LogP) is 9.08. The number of allylic oxidation sites excluding steroid dienone is 12. The van der Waals surface area contributed by atoms with Crippen LogP contribution in [0.4, 0.5) is 0 Å². The van der Waals surface area contributed by atoms with Crippen LogP contribution in [0.5, 0.6) is 0 Å². The number of phosphoric ester groups is 1. The molecule has 10 nitrogen and oxygen atoms in total. The van der Waals surface area contributed by atoms with Crippen LogP contribution in [-0.2, 0) is 32.7 Å². The van der Waals surface area contributed by atoms with E-state index in [0.717, 1.165) is 70.6 Å². The minimum atomic E-state index is -4.62. The van der Waals surface area contributed by atoms with Gasteiger partial charge in [-0.1, -0.05) is 125 Å². The van der Waals surface area contributed by atoms with Gasteiger partial charge in [-0.05, 0) is 57.8 Å². The Bertz CT molecular complexity index is 1050. The van der Waals surface area contributed by atoms with Crippen LogP contribution in [0.25, 0.3) is 0 Å². The fraction of sp³-hybridized carbons (Fsp3) is 0.632. The summed E-state index contributed by atoms with van der Waals surface area (Å²) in [5.74, 6) is -1.82. The van der Waals surface area contributed by atoms with Crippen molar-refractivity contribution in [2.24, 2.45) is 5.73 Å². The molecule has 0 amide bonds. The zero-order valence-electron chi connectivity index (χ0n) is 30.0. The maximum absolute atomic E-state index is 12.4. The lowest BCUT2D eigenvalue weighted by molar-refractivity contribution is -0.154. The lowest BCUT2D eigenvalue weighted by Crippen LogP contribution is -2.34. The van der Waals surface area contributed by atoms with Crippen LogP contribution in [0.3, 0.4) is 0 Å². The number of carbonyl (C=O) groups is 2. The van der Waals surface area contributed by atoms with Crippen molar-refractivity contribution in [1.82, 2.24) is 0 Å². The van der Waals surface area contributed by atoms with Gasteiger partial charge in [0.2, 0.25) is 0 Å². The number of rotatable bonds is 33. The van der Waals surface area contributed by atoms with Gasteiger partial charge in [-0.3, -0.25) is 18.6 Å². The molecular formula is C38H64NO9P. The molecule has 0 aromatic heterocycles. The fourth-order valence-corrected chi connectivity index (χ4v) is 4.98. The maximum atomic E-state index is 12.4. The summed E-state index contributed by atoms with van der Waals surface area (Å²) >= 11 is 0. The van der Waals surface area contributed by atoms with E-state index in [2.05, 4.69) is 91.3 Å². The van der Waals surface area contributed by atoms with Crippen molar-refractivity contribution >= 4 is 19.8 Å². The van der Waals surface area contributed by atoms with Gasteiger partial charge in [0.25, 0.3) is 0 Å². The summed E-state index contributed by atoms with van der Waals surface area (Å²) < 4.78 is 32.9. The lowest BCUT2D eigenvalue weighted by Gasteiger charge is -2.20. The minimum absolute atomic E-state index is 0.0266. The van der Waals surface area contributed by atoms with Crippen LogP contribution in [0.1, 0.15) is 117 Å². The molecule has 0 heterocycles. The zero-order valence-corrected chi connectivity index (χ0v) is 30.9.